The number of nitrogens with zero attached hydrogens (tertiary/aromatic N) is 1. The van der Waals surface area contributed by atoms with Crippen LogP contribution in [0.1, 0.15) is 11.1 Å². The van der Waals surface area contributed by atoms with Gasteiger partial charge in [0.05, 0.1) is 23.3 Å². The van der Waals surface area contributed by atoms with Crippen LogP contribution in [-0.2, 0) is 0 Å². The minimum atomic E-state index is -0.651. The van der Waals surface area contributed by atoms with Crippen molar-refractivity contribution in [1.82, 2.24) is 0 Å². The Labute approximate surface area is 167 Å². The minimum Gasteiger partial charge on any atom is -0.497 e. The minimum absolute atomic E-state index is 0.00751. The normalized spacial score (nSPS) is 10.5. The zero-order valence-electron chi connectivity index (χ0n) is 15.6. The highest BCUT2D eigenvalue weighted by molar-refractivity contribution is 5.90. The Morgan fingerprint density at radius 1 is 0.897 bits per heavy atom. The third-order valence-corrected chi connectivity index (χ3v) is 4.04. The van der Waals surface area contributed by atoms with Crippen LogP contribution >= 0.6 is 0 Å². The number of anilines is 1. The molecule has 3 rings (SSSR count). The molecule has 0 aromatic heterocycles. The van der Waals surface area contributed by atoms with Gasteiger partial charge in [0.2, 0.25) is 0 Å². The molecule has 1 amide bonds. The van der Waals surface area contributed by atoms with Crippen molar-refractivity contribution in [3.05, 3.63) is 94.0 Å². The second kappa shape index (κ2) is 9.18. The van der Waals surface area contributed by atoms with E-state index in [1.165, 1.54) is 6.07 Å². The summed E-state index contributed by atoms with van der Waals surface area (Å²) in [6.45, 7) is 0. The topological polar surface area (TPSA) is 90.7 Å². The summed E-state index contributed by atoms with van der Waals surface area (Å²) in [6.07, 6.45) is 2.68. The molecule has 146 valence electrons. The lowest BCUT2D eigenvalue weighted by atomic mass is 10.1. The van der Waals surface area contributed by atoms with E-state index in [0.29, 0.717) is 28.3 Å². The predicted molar refractivity (Wildman–Crippen MR) is 111 cm³/mol. The lowest BCUT2D eigenvalue weighted by Crippen LogP contribution is -2.17. The molecule has 0 aliphatic carbocycles. The molecule has 0 unspecified atom stereocenters. The van der Waals surface area contributed by atoms with Gasteiger partial charge in [0.25, 0.3) is 5.69 Å². The highest BCUT2D eigenvalue weighted by atomic mass is 16.6. The second-order valence-corrected chi connectivity index (χ2v) is 5.93. The summed E-state index contributed by atoms with van der Waals surface area (Å²) >= 11 is 0. The Morgan fingerprint density at radius 3 is 2.17 bits per heavy atom. The van der Waals surface area contributed by atoms with Gasteiger partial charge in [-0.15, -0.1) is 0 Å². The summed E-state index contributed by atoms with van der Waals surface area (Å²) in [5.74, 6) is 1.03. The molecule has 0 spiro atoms. The van der Waals surface area contributed by atoms with Gasteiger partial charge in [0, 0.05) is 6.07 Å². The number of carbonyl (C=O) groups is 1. The van der Waals surface area contributed by atoms with E-state index in [0.717, 1.165) is 0 Å². The van der Waals surface area contributed by atoms with E-state index in [-0.39, 0.29) is 5.69 Å². The summed E-state index contributed by atoms with van der Waals surface area (Å²) in [6, 6.07) is 20.1. The van der Waals surface area contributed by atoms with Crippen LogP contribution in [-0.4, -0.2) is 18.1 Å². The van der Waals surface area contributed by atoms with E-state index < -0.39 is 11.0 Å². The SMILES string of the molecule is COc1ccc(OC(=O)Nc2ccccc2/C=C/c2ccccc2[N+](=O)[O-])cc1. The molecule has 0 bridgehead atoms. The molecule has 7 heteroatoms. The summed E-state index contributed by atoms with van der Waals surface area (Å²) < 4.78 is 10.3. The average Bonchev–Trinajstić information content (AvgIpc) is 2.73. The van der Waals surface area contributed by atoms with Crippen LogP contribution in [0.4, 0.5) is 16.2 Å². The molecule has 3 aromatic carbocycles. The van der Waals surface area contributed by atoms with Gasteiger partial charge in [-0.25, -0.2) is 4.79 Å². The van der Waals surface area contributed by atoms with Crippen LogP contribution in [0.15, 0.2) is 72.8 Å². The van der Waals surface area contributed by atoms with Crippen LogP contribution in [0, 0.1) is 10.1 Å². The number of carbonyl (C=O) groups excluding carboxylic acids is 1. The number of hydrogen-bond acceptors (Lipinski definition) is 5. The van der Waals surface area contributed by atoms with Gasteiger partial charge in [-0.2, -0.15) is 0 Å². The van der Waals surface area contributed by atoms with E-state index in [2.05, 4.69) is 5.32 Å². The average molecular weight is 390 g/mol. The van der Waals surface area contributed by atoms with E-state index in [1.54, 1.807) is 86.0 Å². The van der Waals surface area contributed by atoms with Crippen molar-refractivity contribution in [1.29, 1.82) is 0 Å². The maximum Gasteiger partial charge on any atom is 0.417 e. The van der Waals surface area contributed by atoms with Crippen LogP contribution in [0.25, 0.3) is 12.2 Å². The van der Waals surface area contributed by atoms with E-state index in [1.807, 2.05) is 0 Å². The van der Waals surface area contributed by atoms with Crippen molar-refractivity contribution in [2.24, 2.45) is 0 Å². The number of amides is 1. The molecule has 0 atom stereocenters. The molecular formula is C22H18N2O5. The fourth-order valence-corrected chi connectivity index (χ4v) is 2.62. The van der Waals surface area contributed by atoms with E-state index >= 15 is 0 Å². The first-order valence-electron chi connectivity index (χ1n) is 8.70. The number of hydrogen-bond donors (Lipinski definition) is 1. The molecule has 0 fully saturated rings. The number of nitro groups is 1. The Kier molecular flexibility index (Phi) is 6.22. The Morgan fingerprint density at radius 2 is 1.48 bits per heavy atom. The number of nitrogens with one attached hydrogen (secondary N) is 1. The quantitative estimate of drug-likeness (QED) is 0.346. The molecule has 0 radical (unpaired) electrons. The van der Waals surface area contributed by atoms with Crippen molar-refractivity contribution in [2.75, 3.05) is 12.4 Å². The van der Waals surface area contributed by atoms with Crippen molar-refractivity contribution in [3.63, 3.8) is 0 Å². The van der Waals surface area contributed by atoms with Crippen molar-refractivity contribution >= 4 is 29.6 Å². The molecule has 7 nitrogen and oxygen atoms in total. The van der Waals surface area contributed by atoms with Gasteiger partial charge < -0.3 is 9.47 Å². The molecule has 0 aliphatic heterocycles. The van der Waals surface area contributed by atoms with Crippen molar-refractivity contribution in [3.8, 4) is 11.5 Å². The number of rotatable bonds is 6. The lowest BCUT2D eigenvalue weighted by Gasteiger charge is -2.09. The molecule has 0 aliphatic rings. The first-order chi connectivity index (χ1) is 14.1. The molecule has 1 N–H and O–H groups in total. The maximum atomic E-state index is 12.2. The summed E-state index contributed by atoms with van der Waals surface area (Å²) in [5, 5.41) is 13.8. The Balaban J connectivity index is 1.75. The number of para-hydroxylation sites is 2. The summed E-state index contributed by atoms with van der Waals surface area (Å²) in [5.41, 5.74) is 1.67. The van der Waals surface area contributed by atoms with E-state index in [9.17, 15) is 14.9 Å². The zero-order valence-corrected chi connectivity index (χ0v) is 15.6. The molecule has 3 aromatic rings. The number of nitro benzene ring substituents is 1. The van der Waals surface area contributed by atoms with Gasteiger partial charge in [0.15, 0.2) is 0 Å². The Bertz CT molecular complexity index is 1050. The highest BCUT2D eigenvalue weighted by Crippen LogP contribution is 2.23. The molecule has 0 heterocycles. The maximum absolute atomic E-state index is 12.2. The summed E-state index contributed by atoms with van der Waals surface area (Å²) in [4.78, 5) is 22.9. The standard InChI is InChI=1S/C22H18N2O5/c1-28-18-12-14-19(15-13-18)29-22(25)23-20-8-4-2-6-16(20)10-11-17-7-3-5-9-21(17)24(26)27/h2-15H,1H3,(H,23,25)/b11-10+. The highest BCUT2D eigenvalue weighted by Gasteiger charge is 2.11. The lowest BCUT2D eigenvalue weighted by molar-refractivity contribution is -0.385. The number of methoxy groups -OCH3 is 1. The first kappa shape index (κ1) is 19.6. The van der Waals surface area contributed by atoms with Crippen LogP contribution < -0.4 is 14.8 Å². The summed E-state index contributed by atoms with van der Waals surface area (Å²) in [7, 11) is 1.55. The fraction of sp³-hybridized carbons (Fsp3) is 0.0455. The van der Waals surface area contributed by atoms with Gasteiger partial charge in [0.1, 0.15) is 11.5 Å². The molecular weight excluding hydrogens is 372 g/mol. The van der Waals surface area contributed by atoms with Crippen LogP contribution in [0.3, 0.4) is 0 Å². The van der Waals surface area contributed by atoms with Gasteiger partial charge in [-0.3, -0.25) is 15.4 Å². The van der Waals surface area contributed by atoms with E-state index in [4.69, 9.17) is 9.47 Å². The van der Waals surface area contributed by atoms with Gasteiger partial charge in [-0.05, 0) is 48.0 Å². The molecule has 29 heavy (non-hydrogen) atoms. The number of benzene rings is 3. The van der Waals surface area contributed by atoms with Crippen LogP contribution in [0.2, 0.25) is 0 Å². The fourth-order valence-electron chi connectivity index (χ4n) is 2.62. The zero-order chi connectivity index (χ0) is 20.6. The largest absolute Gasteiger partial charge is 0.497 e. The second-order valence-electron chi connectivity index (χ2n) is 5.93. The van der Waals surface area contributed by atoms with Crippen molar-refractivity contribution < 1.29 is 19.2 Å². The van der Waals surface area contributed by atoms with Gasteiger partial charge >= 0.3 is 6.09 Å². The smallest absolute Gasteiger partial charge is 0.417 e. The van der Waals surface area contributed by atoms with Gasteiger partial charge in [-0.1, -0.05) is 36.4 Å². The molecule has 0 saturated heterocycles. The Hall–Kier alpha value is -4.13. The number of ether oxygens (including phenoxy) is 2. The predicted octanol–water partition coefficient (Wildman–Crippen LogP) is 5.38. The van der Waals surface area contributed by atoms with Crippen molar-refractivity contribution in [2.45, 2.75) is 0 Å². The monoisotopic (exact) mass is 390 g/mol. The van der Waals surface area contributed by atoms with Crippen LogP contribution in [0.5, 0.6) is 11.5 Å². The molecule has 0 saturated carbocycles. The first-order valence-corrected chi connectivity index (χ1v) is 8.70. The third-order valence-electron chi connectivity index (χ3n) is 4.04. The third kappa shape index (κ3) is 5.20.